The lowest BCUT2D eigenvalue weighted by atomic mass is 9.90. The summed E-state index contributed by atoms with van der Waals surface area (Å²) in [4.78, 5) is 12.7. The van der Waals surface area contributed by atoms with Crippen LogP contribution in [0.5, 0.6) is 0 Å². The summed E-state index contributed by atoms with van der Waals surface area (Å²) in [5.74, 6) is 0.594. The van der Waals surface area contributed by atoms with Gasteiger partial charge < -0.3 is 9.88 Å². The Morgan fingerprint density at radius 2 is 1.75 bits per heavy atom. The third-order valence-electron chi connectivity index (χ3n) is 3.35. The van der Waals surface area contributed by atoms with Crippen molar-refractivity contribution < 1.29 is 0 Å². The Bertz CT molecular complexity index is 493. The summed E-state index contributed by atoms with van der Waals surface area (Å²) in [6.07, 6.45) is 0. The first-order valence-electron chi connectivity index (χ1n) is 7.60. The fourth-order valence-electron chi connectivity index (χ4n) is 2.35. The molecular weight excluding hydrogens is 248 g/mol. The van der Waals surface area contributed by atoms with Gasteiger partial charge in [0, 0.05) is 29.3 Å². The molecular formula is C17H30N2O. The van der Waals surface area contributed by atoms with Crippen LogP contribution in [0, 0.1) is 5.92 Å². The normalized spacial score (nSPS) is 12.4. The topological polar surface area (TPSA) is 34.0 Å². The van der Waals surface area contributed by atoms with Gasteiger partial charge in [0.25, 0.3) is 5.56 Å². The van der Waals surface area contributed by atoms with E-state index >= 15 is 0 Å². The molecule has 0 radical (unpaired) electrons. The molecule has 0 aromatic carbocycles. The quantitative estimate of drug-likeness (QED) is 0.895. The Kier molecular flexibility index (Phi) is 5.58. The van der Waals surface area contributed by atoms with Gasteiger partial charge in [-0.2, -0.15) is 0 Å². The minimum absolute atomic E-state index is 0.0205. The van der Waals surface area contributed by atoms with Gasteiger partial charge in [-0.3, -0.25) is 4.79 Å². The zero-order valence-corrected chi connectivity index (χ0v) is 14.1. The van der Waals surface area contributed by atoms with E-state index in [0.29, 0.717) is 12.5 Å². The molecule has 0 aliphatic carbocycles. The molecule has 1 N–H and O–H groups in total. The van der Waals surface area contributed by atoms with E-state index in [1.54, 1.807) is 0 Å². The standard InChI is InChI=1S/C17H30N2O/c1-12(2)10-18-11-14-8-9-15(17(5,6)7)19(13(3)4)16(14)20/h8-9,12-13,18H,10-11H2,1-7H3. The Morgan fingerprint density at radius 3 is 2.20 bits per heavy atom. The van der Waals surface area contributed by atoms with Gasteiger partial charge in [-0.05, 0) is 32.4 Å². The molecule has 0 amide bonds. The molecule has 20 heavy (non-hydrogen) atoms. The van der Waals surface area contributed by atoms with E-state index in [2.05, 4.69) is 59.8 Å². The molecule has 0 aliphatic heterocycles. The van der Waals surface area contributed by atoms with Crippen LogP contribution in [0.2, 0.25) is 0 Å². The monoisotopic (exact) mass is 278 g/mol. The summed E-state index contributed by atoms with van der Waals surface area (Å²) in [7, 11) is 0. The Hall–Kier alpha value is -1.09. The molecule has 0 fully saturated rings. The molecule has 0 saturated carbocycles. The predicted molar refractivity (Wildman–Crippen MR) is 86.3 cm³/mol. The molecule has 0 aliphatic rings. The molecule has 1 heterocycles. The van der Waals surface area contributed by atoms with Gasteiger partial charge in [-0.15, -0.1) is 0 Å². The maximum Gasteiger partial charge on any atom is 0.255 e. The van der Waals surface area contributed by atoms with E-state index in [9.17, 15) is 4.79 Å². The van der Waals surface area contributed by atoms with E-state index in [1.165, 1.54) is 0 Å². The first-order chi connectivity index (χ1) is 9.14. The Labute approximate surface area is 123 Å². The maximum absolute atomic E-state index is 12.7. The Morgan fingerprint density at radius 1 is 1.15 bits per heavy atom. The minimum atomic E-state index is -0.0205. The molecule has 0 atom stereocenters. The highest BCUT2D eigenvalue weighted by molar-refractivity contribution is 5.22. The number of hydrogen-bond donors (Lipinski definition) is 1. The van der Waals surface area contributed by atoms with E-state index < -0.39 is 0 Å². The van der Waals surface area contributed by atoms with Crippen molar-refractivity contribution in [2.24, 2.45) is 5.92 Å². The molecule has 0 unspecified atom stereocenters. The molecule has 0 bridgehead atoms. The Balaban J connectivity index is 3.13. The molecule has 0 saturated heterocycles. The van der Waals surface area contributed by atoms with Crippen LogP contribution in [0.4, 0.5) is 0 Å². The van der Waals surface area contributed by atoms with Crippen molar-refractivity contribution in [3.05, 3.63) is 33.7 Å². The summed E-state index contributed by atoms with van der Waals surface area (Å²) in [6.45, 7) is 16.5. The first kappa shape index (κ1) is 17.0. The van der Waals surface area contributed by atoms with Crippen molar-refractivity contribution in [2.45, 2.75) is 66.5 Å². The van der Waals surface area contributed by atoms with Crippen LogP contribution in [0.1, 0.15) is 65.8 Å². The van der Waals surface area contributed by atoms with Gasteiger partial charge >= 0.3 is 0 Å². The predicted octanol–water partition coefficient (Wildman–Crippen LogP) is 3.47. The third kappa shape index (κ3) is 4.20. The zero-order chi connectivity index (χ0) is 15.5. The molecule has 1 rings (SSSR count). The van der Waals surface area contributed by atoms with Gasteiger partial charge in [0.1, 0.15) is 0 Å². The molecule has 0 spiro atoms. The van der Waals surface area contributed by atoms with Crippen LogP contribution in [-0.2, 0) is 12.0 Å². The van der Waals surface area contributed by atoms with Crippen LogP contribution < -0.4 is 10.9 Å². The van der Waals surface area contributed by atoms with Gasteiger partial charge in [-0.25, -0.2) is 0 Å². The number of rotatable bonds is 5. The largest absolute Gasteiger partial charge is 0.312 e. The van der Waals surface area contributed by atoms with E-state index in [4.69, 9.17) is 0 Å². The average Bonchev–Trinajstić information content (AvgIpc) is 2.28. The van der Waals surface area contributed by atoms with Crippen molar-refractivity contribution in [2.75, 3.05) is 6.54 Å². The summed E-state index contributed by atoms with van der Waals surface area (Å²) < 4.78 is 1.94. The summed E-state index contributed by atoms with van der Waals surface area (Å²) in [5, 5.41) is 3.35. The fourth-order valence-corrected chi connectivity index (χ4v) is 2.35. The van der Waals surface area contributed by atoms with Crippen molar-refractivity contribution in [1.82, 2.24) is 9.88 Å². The first-order valence-corrected chi connectivity index (χ1v) is 7.60. The smallest absolute Gasteiger partial charge is 0.255 e. The minimum Gasteiger partial charge on any atom is -0.312 e. The number of hydrogen-bond acceptors (Lipinski definition) is 2. The highest BCUT2D eigenvalue weighted by Gasteiger charge is 2.21. The van der Waals surface area contributed by atoms with Crippen molar-refractivity contribution >= 4 is 0 Å². The van der Waals surface area contributed by atoms with Gasteiger partial charge in [0.2, 0.25) is 0 Å². The second-order valence-electron chi connectivity index (χ2n) is 7.29. The molecule has 1 aromatic rings. The van der Waals surface area contributed by atoms with Crippen LogP contribution in [-0.4, -0.2) is 11.1 Å². The number of nitrogens with one attached hydrogen (secondary N) is 1. The summed E-state index contributed by atoms with van der Waals surface area (Å²) >= 11 is 0. The lowest BCUT2D eigenvalue weighted by Gasteiger charge is -2.27. The third-order valence-corrected chi connectivity index (χ3v) is 3.35. The van der Waals surface area contributed by atoms with Crippen molar-refractivity contribution in [3.8, 4) is 0 Å². The van der Waals surface area contributed by atoms with Crippen molar-refractivity contribution in [1.29, 1.82) is 0 Å². The van der Waals surface area contributed by atoms with Crippen LogP contribution in [0.25, 0.3) is 0 Å². The van der Waals surface area contributed by atoms with E-state index in [-0.39, 0.29) is 17.0 Å². The van der Waals surface area contributed by atoms with Gasteiger partial charge in [0.15, 0.2) is 0 Å². The van der Waals surface area contributed by atoms with E-state index in [1.807, 2.05) is 10.6 Å². The van der Waals surface area contributed by atoms with Crippen LogP contribution in [0.15, 0.2) is 16.9 Å². The molecule has 3 heteroatoms. The summed E-state index contributed by atoms with van der Waals surface area (Å²) in [6, 6.07) is 4.27. The second kappa shape index (κ2) is 6.57. The fraction of sp³-hybridized carbons (Fsp3) is 0.706. The highest BCUT2D eigenvalue weighted by Crippen LogP contribution is 2.23. The lowest BCUT2D eigenvalue weighted by Crippen LogP contribution is -2.34. The second-order valence-corrected chi connectivity index (χ2v) is 7.29. The summed E-state index contributed by atoms with van der Waals surface area (Å²) in [5.41, 5.74) is 2.08. The van der Waals surface area contributed by atoms with Gasteiger partial charge in [0.05, 0.1) is 0 Å². The number of aromatic nitrogens is 1. The molecule has 3 nitrogen and oxygen atoms in total. The molecule has 114 valence electrons. The van der Waals surface area contributed by atoms with E-state index in [0.717, 1.165) is 17.8 Å². The number of nitrogens with zero attached hydrogens (tertiary/aromatic N) is 1. The van der Waals surface area contributed by atoms with Gasteiger partial charge in [-0.1, -0.05) is 40.7 Å². The zero-order valence-electron chi connectivity index (χ0n) is 14.1. The lowest BCUT2D eigenvalue weighted by molar-refractivity contribution is 0.462. The van der Waals surface area contributed by atoms with Crippen molar-refractivity contribution in [3.63, 3.8) is 0 Å². The van der Waals surface area contributed by atoms with Crippen LogP contribution in [0.3, 0.4) is 0 Å². The average molecular weight is 278 g/mol. The molecule has 1 aromatic heterocycles. The SMILES string of the molecule is CC(C)CNCc1ccc(C(C)(C)C)n(C(C)C)c1=O. The number of pyridine rings is 1. The van der Waals surface area contributed by atoms with Crippen LogP contribution >= 0.6 is 0 Å². The maximum atomic E-state index is 12.7. The highest BCUT2D eigenvalue weighted by atomic mass is 16.1.